The van der Waals surface area contributed by atoms with Gasteiger partial charge in [0.2, 0.25) is 0 Å². The van der Waals surface area contributed by atoms with Gasteiger partial charge in [-0.2, -0.15) is 0 Å². The van der Waals surface area contributed by atoms with E-state index in [9.17, 15) is 0 Å². The molecule has 0 bridgehead atoms. The summed E-state index contributed by atoms with van der Waals surface area (Å²) in [4.78, 5) is 9.42. The number of pyridine rings is 2. The number of rotatable bonds is 3. The van der Waals surface area contributed by atoms with E-state index in [0.717, 1.165) is 41.3 Å². The van der Waals surface area contributed by atoms with Crippen LogP contribution in [0.15, 0.2) is 24.4 Å². The van der Waals surface area contributed by atoms with Gasteiger partial charge in [-0.1, -0.05) is 12.2 Å². The van der Waals surface area contributed by atoms with Crippen molar-refractivity contribution in [1.82, 2.24) is 9.97 Å². The average molecular weight is 298 g/mol. The van der Waals surface area contributed by atoms with Gasteiger partial charge in [0.25, 0.3) is 0 Å². The molecule has 5 heteroatoms. The van der Waals surface area contributed by atoms with E-state index < -0.39 is 0 Å². The Kier molecular flexibility index (Phi) is 3.84. The molecular formula is C16H18N4S. The number of nitrogens with one attached hydrogen (secondary N) is 1. The molecule has 0 amide bonds. The van der Waals surface area contributed by atoms with Crippen molar-refractivity contribution >= 4 is 28.7 Å². The highest BCUT2D eigenvalue weighted by Gasteiger charge is 2.17. The molecule has 2 aromatic rings. The monoisotopic (exact) mass is 298 g/mol. The SMILES string of the molecule is Cc1ncccc1Nc1nc2c(cc1C(N)=S)CCCC2. The maximum atomic E-state index is 5.88. The second kappa shape index (κ2) is 5.77. The van der Waals surface area contributed by atoms with Crippen molar-refractivity contribution in [2.24, 2.45) is 5.73 Å². The van der Waals surface area contributed by atoms with Crippen LogP contribution in [-0.4, -0.2) is 15.0 Å². The number of nitrogens with zero attached hydrogens (tertiary/aromatic N) is 2. The number of anilines is 2. The summed E-state index contributed by atoms with van der Waals surface area (Å²) in [5.41, 5.74) is 11.0. The quantitative estimate of drug-likeness (QED) is 0.853. The van der Waals surface area contributed by atoms with Crippen LogP contribution in [0.1, 0.15) is 35.4 Å². The molecule has 0 saturated carbocycles. The highest BCUT2D eigenvalue weighted by molar-refractivity contribution is 7.80. The lowest BCUT2D eigenvalue weighted by Crippen LogP contribution is -2.17. The topological polar surface area (TPSA) is 63.8 Å². The zero-order valence-electron chi connectivity index (χ0n) is 12.0. The van der Waals surface area contributed by atoms with E-state index in [-0.39, 0.29) is 0 Å². The summed E-state index contributed by atoms with van der Waals surface area (Å²) in [6, 6.07) is 5.97. The van der Waals surface area contributed by atoms with Gasteiger partial charge in [0.15, 0.2) is 0 Å². The van der Waals surface area contributed by atoms with Crippen molar-refractivity contribution in [3.05, 3.63) is 46.9 Å². The van der Waals surface area contributed by atoms with E-state index in [1.165, 1.54) is 18.4 Å². The van der Waals surface area contributed by atoms with Crippen LogP contribution in [-0.2, 0) is 12.8 Å². The number of fused-ring (bicyclic) bond motifs is 1. The van der Waals surface area contributed by atoms with Crippen LogP contribution in [0, 0.1) is 6.92 Å². The number of aryl methyl sites for hydroxylation is 3. The standard InChI is InChI=1S/C16H18N4S/c1-10-13(7-4-8-18-10)19-16-12(15(17)21)9-11-5-2-3-6-14(11)20-16/h4,7-9H,2-3,5-6H2,1H3,(H2,17,21)(H,19,20). The Hall–Kier alpha value is -2.01. The van der Waals surface area contributed by atoms with Gasteiger partial charge in [-0.3, -0.25) is 4.98 Å². The molecule has 4 nitrogen and oxygen atoms in total. The maximum absolute atomic E-state index is 5.88. The molecule has 108 valence electrons. The first kappa shape index (κ1) is 13.9. The number of aromatic nitrogens is 2. The highest BCUT2D eigenvalue weighted by Crippen LogP contribution is 2.27. The van der Waals surface area contributed by atoms with Gasteiger partial charge in [-0.05, 0) is 56.4 Å². The molecule has 0 unspecified atom stereocenters. The van der Waals surface area contributed by atoms with Gasteiger partial charge in [0, 0.05) is 11.9 Å². The second-order valence-corrected chi connectivity index (χ2v) is 5.76. The van der Waals surface area contributed by atoms with Crippen LogP contribution in [0.25, 0.3) is 0 Å². The van der Waals surface area contributed by atoms with E-state index in [1.54, 1.807) is 6.20 Å². The Morgan fingerprint density at radius 1 is 1.33 bits per heavy atom. The normalized spacial score (nSPS) is 13.6. The maximum Gasteiger partial charge on any atom is 0.140 e. The lowest BCUT2D eigenvalue weighted by Gasteiger charge is -2.19. The van der Waals surface area contributed by atoms with Gasteiger partial charge < -0.3 is 11.1 Å². The zero-order valence-corrected chi connectivity index (χ0v) is 12.8. The lowest BCUT2D eigenvalue weighted by atomic mass is 9.94. The third-order valence-electron chi connectivity index (χ3n) is 3.83. The van der Waals surface area contributed by atoms with E-state index in [2.05, 4.69) is 16.4 Å². The first-order chi connectivity index (χ1) is 10.1. The van der Waals surface area contributed by atoms with Crippen molar-refractivity contribution in [3.63, 3.8) is 0 Å². The van der Waals surface area contributed by atoms with Gasteiger partial charge >= 0.3 is 0 Å². The third kappa shape index (κ3) is 2.88. The van der Waals surface area contributed by atoms with Crippen LogP contribution in [0.4, 0.5) is 11.5 Å². The largest absolute Gasteiger partial charge is 0.389 e. The van der Waals surface area contributed by atoms with Gasteiger partial charge in [0.05, 0.1) is 16.9 Å². The summed E-state index contributed by atoms with van der Waals surface area (Å²) in [5.74, 6) is 0.735. The van der Waals surface area contributed by atoms with E-state index in [1.807, 2.05) is 19.1 Å². The molecule has 0 aromatic carbocycles. The Morgan fingerprint density at radius 3 is 2.90 bits per heavy atom. The summed E-state index contributed by atoms with van der Waals surface area (Å²) in [6.07, 6.45) is 6.25. The van der Waals surface area contributed by atoms with Crippen LogP contribution in [0.5, 0.6) is 0 Å². The van der Waals surface area contributed by atoms with Crippen molar-refractivity contribution in [2.45, 2.75) is 32.6 Å². The molecule has 3 rings (SSSR count). The zero-order chi connectivity index (χ0) is 14.8. The van der Waals surface area contributed by atoms with Gasteiger partial charge in [-0.15, -0.1) is 0 Å². The van der Waals surface area contributed by atoms with Crippen molar-refractivity contribution in [3.8, 4) is 0 Å². The molecule has 21 heavy (non-hydrogen) atoms. The smallest absolute Gasteiger partial charge is 0.140 e. The van der Waals surface area contributed by atoms with Crippen LogP contribution < -0.4 is 11.1 Å². The molecule has 0 spiro atoms. The first-order valence-corrected chi connectivity index (χ1v) is 7.57. The molecular weight excluding hydrogens is 280 g/mol. The van der Waals surface area contributed by atoms with Crippen molar-refractivity contribution < 1.29 is 0 Å². The predicted molar refractivity (Wildman–Crippen MR) is 89.0 cm³/mol. The van der Waals surface area contributed by atoms with E-state index >= 15 is 0 Å². The molecule has 0 saturated heterocycles. The fraction of sp³-hybridized carbons (Fsp3) is 0.312. The average Bonchev–Trinajstić information content (AvgIpc) is 2.48. The van der Waals surface area contributed by atoms with E-state index in [4.69, 9.17) is 22.9 Å². The summed E-state index contributed by atoms with van der Waals surface area (Å²) >= 11 is 5.19. The molecule has 2 aromatic heterocycles. The number of nitrogens with two attached hydrogens (primary N) is 1. The van der Waals surface area contributed by atoms with Crippen molar-refractivity contribution in [1.29, 1.82) is 0 Å². The lowest BCUT2D eigenvalue weighted by molar-refractivity contribution is 0.668. The third-order valence-corrected chi connectivity index (χ3v) is 4.05. The molecule has 1 aliphatic rings. The Balaban J connectivity index is 2.04. The van der Waals surface area contributed by atoms with Gasteiger partial charge in [0.1, 0.15) is 10.8 Å². The Bertz CT molecular complexity index is 697. The minimum atomic E-state index is 0.375. The summed E-state index contributed by atoms with van der Waals surface area (Å²) in [6.45, 7) is 1.96. The molecule has 0 radical (unpaired) electrons. The fourth-order valence-electron chi connectivity index (χ4n) is 2.66. The minimum Gasteiger partial charge on any atom is -0.389 e. The molecule has 0 fully saturated rings. The number of thiocarbonyl (C=S) groups is 1. The highest BCUT2D eigenvalue weighted by atomic mass is 32.1. The number of hydrogen-bond donors (Lipinski definition) is 2. The summed E-state index contributed by atoms with van der Waals surface area (Å²) in [7, 11) is 0. The minimum absolute atomic E-state index is 0.375. The molecule has 1 aliphatic carbocycles. The molecule has 0 aliphatic heterocycles. The predicted octanol–water partition coefficient (Wildman–Crippen LogP) is 3.04. The molecule has 3 N–H and O–H groups in total. The van der Waals surface area contributed by atoms with Crippen molar-refractivity contribution in [2.75, 3.05) is 5.32 Å². The molecule has 0 atom stereocenters. The van der Waals surface area contributed by atoms with Gasteiger partial charge in [-0.25, -0.2) is 4.98 Å². The summed E-state index contributed by atoms with van der Waals surface area (Å²) < 4.78 is 0. The summed E-state index contributed by atoms with van der Waals surface area (Å²) in [5, 5.41) is 3.33. The first-order valence-electron chi connectivity index (χ1n) is 7.16. The Morgan fingerprint density at radius 2 is 2.14 bits per heavy atom. The number of hydrogen-bond acceptors (Lipinski definition) is 4. The fourth-order valence-corrected chi connectivity index (χ4v) is 2.82. The Labute approximate surface area is 129 Å². The van der Waals surface area contributed by atoms with Crippen LogP contribution >= 0.6 is 12.2 Å². The van der Waals surface area contributed by atoms with Crippen LogP contribution in [0.2, 0.25) is 0 Å². The van der Waals surface area contributed by atoms with Crippen LogP contribution in [0.3, 0.4) is 0 Å². The van der Waals surface area contributed by atoms with E-state index in [0.29, 0.717) is 4.99 Å². The second-order valence-electron chi connectivity index (χ2n) is 5.32. The molecule has 2 heterocycles.